The monoisotopic (exact) mass is 317 g/mol. The minimum atomic E-state index is -1.26. The molecule has 6 heteroatoms. The zero-order valence-corrected chi connectivity index (χ0v) is 13.1. The number of amides is 1. The van der Waals surface area contributed by atoms with Gasteiger partial charge in [0.2, 0.25) is 0 Å². The summed E-state index contributed by atoms with van der Waals surface area (Å²) in [6.45, 7) is 2.00. The number of aliphatic hydroxyl groups is 1. The fraction of sp³-hybridized carbons (Fsp3) is 0.412. The first-order chi connectivity index (χ1) is 11.0. The Labute approximate surface area is 134 Å². The van der Waals surface area contributed by atoms with Gasteiger partial charge in [0, 0.05) is 18.9 Å². The topological polar surface area (TPSA) is 67.2 Å². The van der Waals surface area contributed by atoms with Crippen LogP contribution in [0.5, 0.6) is 0 Å². The number of carbonyl (C=O) groups is 1. The maximum absolute atomic E-state index is 14.3. The Hall–Kier alpha value is -2.21. The van der Waals surface area contributed by atoms with E-state index in [1.165, 1.54) is 6.07 Å². The van der Waals surface area contributed by atoms with Crippen molar-refractivity contribution < 1.29 is 14.3 Å². The number of aromatic nitrogens is 2. The normalized spacial score (nSPS) is 16.5. The summed E-state index contributed by atoms with van der Waals surface area (Å²) in [5, 5.41) is 12.9. The van der Waals surface area contributed by atoms with Crippen LogP contribution in [0.4, 0.5) is 4.39 Å². The van der Waals surface area contributed by atoms with Gasteiger partial charge in [0.1, 0.15) is 17.2 Å². The fourth-order valence-corrected chi connectivity index (χ4v) is 3.02. The van der Waals surface area contributed by atoms with E-state index in [0.29, 0.717) is 29.9 Å². The first-order valence-corrected chi connectivity index (χ1v) is 7.79. The summed E-state index contributed by atoms with van der Waals surface area (Å²) in [6.07, 6.45) is 6.02. The first kappa shape index (κ1) is 15.7. The second kappa shape index (κ2) is 6.12. The second-order valence-electron chi connectivity index (χ2n) is 6.05. The molecule has 122 valence electrons. The number of rotatable bonds is 4. The van der Waals surface area contributed by atoms with Crippen molar-refractivity contribution in [3.63, 3.8) is 0 Å². The van der Waals surface area contributed by atoms with Gasteiger partial charge >= 0.3 is 0 Å². The molecule has 0 aliphatic heterocycles. The van der Waals surface area contributed by atoms with Gasteiger partial charge in [0.25, 0.3) is 5.91 Å². The number of nitrogens with one attached hydrogen (secondary N) is 1. The zero-order valence-electron chi connectivity index (χ0n) is 13.1. The third kappa shape index (κ3) is 3.12. The molecule has 2 N–H and O–H groups in total. The molecule has 0 radical (unpaired) electrons. The number of benzene rings is 1. The Kier molecular flexibility index (Phi) is 4.17. The molecule has 0 unspecified atom stereocenters. The lowest BCUT2D eigenvalue weighted by Gasteiger charge is -2.21. The van der Waals surface area contributed by atoms with Crippen LogP contribution in [0.2, 0.25) is 0 Å². The Morgan fingerprint density at radius 1 is 1.43 bits per heavy atom. The molecule has 1 aliphatic carbocycles. The van der Waals surface area contributed by atoms with Gasteiger partial charge in [-0.2, -0.15) is 0 Å². The minimum absolute atomic E-state index is 0.196. The van der Waals surface area contributed by atoms with Gasteiger partial charge in [-0.3, -0.25) is 4.79 Å². The summed E-state index contributed by atoms with van der Waals surface area (Å²) < 4.78 is 15.9. The summed E-state index contributed by atoms with van der Waals surface area (Å²) in [5.74, 6) is -0.0456. The number of hydrogen-bond acceptors (Lipinski definition) is 3. The van der Waals surface area contributed by atoms with Crippen molar-refractivity contribution >= 4 is 5.91 Å². The van der Waals surface area contributed by atoms with E-state index >= 15 is 0 Å². The molecular weight excluding hydrogens is 297 g/mol. The molecule has 1 amide bonds. The highest BCUT2D eigenvalue weighted by Crippen LogP contribution is 2.29. The predicted molar refractivity (Wildman–Crippen MR) is 83.5 cm³/mol. The van der Waals surface area contributed by atoms with Gasteiger partial charge in [0.05, 0.1) is 5.69 Å². The molecule has 1 aromatic carbocycles. The average Bonchev–Trinajstić information content (AvgIpc) is 3.15. The highest BCUT2D eigenvalue weighted by Gasteiger charge is 2.38. The van der Waals surface area contributed by atoms with Crippen LogP contribution in [0.3, 0.4) is 0 Å². The average molecular weight is 317 g/mol. The quantitative estimate of drug-likeness (QED) is 0.909. The molecule has 0 saturated heterocycles. The summed E-state index contributed by atoms with van der Waals surface area (Å²) in [4.78, 5) is 16.1. The van der Waals surface area contributed by atoms with E-state index in [4.69, 9.17) is 0 Å². The minimum Gasteiger partial charge on any atom is -0.380 e. The standard InChI is InChI=1S/C17H20FN3O2/c1-12-19-8-9-21(12)15-5-4-13(10-14(15)18)11-20-16(22)17(23)6-2-3-7-17/h4-5,8-10,23H,2-3,6-7,11H2,1H3,(H,20,22). The molecule has 0 spiro atoms. The number of nitrogens with zero attached hydrogens (tertiary/aromatic N) is 2. The fourth-order valence-electron chi connectivity index (χ4n) is 3.02. The number of carbonyl (C=O) groups excluding carboxylic acids is 1. The Morgan fingerprint density at radius 3 is 2.78 bits per heavy atom. The van der Waals surface area contributed by atoms with Crippen molar-refractivity contribution in [3.05, 3.63) is 47.8 Å². The van der Waals surface area contributed by atoms with Gasteiger partial charge in [-0.05, 0) is 50.3 Å². The maximum Gasteiger partial charge on any atom is 0.252 e. The summed E-state index contributed by atoms with van der Waals surface area (Å²) in [5.41, 5.74) is -0.185. The van der Waals surface area contributed by atoms with Crippen molar-refractivity contribution in [2.75, 3.05) is 0 Å². The number of aryl methyl sites for hydroxylation is 1. The van der Waals surface area contributed by atoms with Crippen molar-refractivity contribution in [1.29, 1.82) is 0 Å². The SMILES string of the molecule is Cc1nccn1-c1ccc(CNC(=O)C2(O)CCCC2)cc1F. The predicted octanol–water partition coefficient (Wildman–Crippen LogP) is 2.24. The number of hydrogen-bond donors (Lipinski definition) is 2. The van der Waals surface area contributed by atoms with E-state index in [1.807, 2.05) is 0 Å². The van der Waals surface area contributed by atoms with Crippen LogP contribution in [0.15, 0.2) is 30.6 Å². The molecular formula is C17H20FN3O2. The number of halogens is 1. The van der Waals surface area contributed by atoms with Crippen molar-refractivity contribution in [2.45, 2.75) is 44.8 Å². The van der Waals surface area contributed by atoms with Crippen LogP contribution in [0, 0.1) is 12.7 Å². The van der Waals surface area contributed by atoms with Crippen molar-refractivity contribution in [3.8, 4) is 5.69 Å². The van der Waals surface area contributed by atoms with Gasteiger partial charge in [-0.25, -0.2) is 9.37 Å². The molecule has 3 rings (SSSR count). The van der Waals surface area contributed by atoms with E-state index in [0.717, 1.165) is 12.8 Å². The molecule has 5 nitrogen and oxygen atoms in total. The lowest BCUT2D eigenvalue weighted by Crippen LogP contribution is -2.44. The lowest BCUT2D eigenvalue weighted by molar-refractivity contribution is -0.139. The lowest BCUT2D eigenvalue weighted by atomic mass is 10.0. The largest absolute Gasteiger partial charge is 0.380 e. The van der Waals surface area contributed by atoms with Crippen LogP contribution in [0.1, 0.15) is 37.1 Å². The highest BCUT2D eigenvalue weighted by atomic mass is 19.1. The third-order valence-corrected chi connectivity index (χ3v) is 4.40. The molecule has 0 atom stereocenters. The van der Waals surface area contributed by atoms with Crippen molar-refractivity contribution in [2.24, 2.45) is 0 Å². The third-order valence-electron chi connectivity index (χ3n) is 4.40. The summed E-state index contributed by atoms with van der Waals surface area (Å²) in [7, 11) is 0. The van der Waals surface area contributed by atoms with Crippen molar-refractivity contribution in [1.82, 2.24) is 14.9 Å². The molecule has 23 heavy (non-hydrogen) atoms. The van der Waals surface area contributed by atoms with E-state index < -0.39 is 5.60 Å². The van der Waals surface area contributed by atoms with Crippen LogP contribution in [-0.2, 0) is 11.3 Å². The molecule has 1 fully saturated rings. The van der Waals surface area contributed by atoms with Gasteiger partial charge in [-0.1, -0.05) is 6.07 Å². The molecule has 1 aliphatic rings. The summed E-state index contributed by atoms with van der Waals surface area (Å²) >= 11 is 0. The van der Waals surface area contributed by atoms with E-state index in [-0.39, 0.29) is 18.3 Å². The molecule has 1 aromatic heterocycles. The van der Waals surface area contributed by atoms with E-state index in [9.17, 15) is 14.3 Å². The van der Waals surface area contributed by atoms with Crippen LogP contribution >= 0.6 is 0 Å². The zero-order chi connectivity index (χ0) is 16.4. The van der Waals surface area contributed by atoms with E-state index in [1.54, 1.807) is 36.0 Å². The van der Waals surface area contributed by atoms with Crippen LogP contribution in [-0.4, -0.2) is 26.2 Å². The molecule has 2 aromatic rings. The molecule has 1 heterocycles. The van der Waals surface area contributed by atoms with Crippen LogP contribution < -0.4 is 5.32 Å². The highest BCUT2D eigenvalue weighted by molar-refractivity contribution is 5.85. The maximum atomic E-state index is 14.3. The Morgan fingerprint density at radius 2 is 2.17 bits per heavy atom. The second-order valence-corrected chi connectivity index (χ2v) is 6.05. The molecule has 1 saturated carbocycles. The first-order valence-electron chi connectivity index (χ1n) is 7.79. The smallest absolute Gasteiger partial charge is 0.252 e. The number of imidazole rings is 1. The van der Waals surface area contributed by atoms with E-state index in [2.05, 4.69) is 10.3 Å². The van der Waals surface area contributed by atoms with Gasteiger partial charge in [-0.15, -0.1) is 0 Å². The molecule has 0 bridgehead atoms. The Balaban J connectivity index is 1.69. The van der Waals surface area contributed by atoms with Crippen LogP contribution in [0.25, 0.3) is 5.69 Å². The van der Waals surface area contributed by atoms with Gasteiger partial charge in [0.15, 0.2) is 0 Å². The van der Waals surface area contributed by atoms with Gasteiger partial charge < -0.3 is 15.0 Å². The summed E-state index contributed by atoms with van der Waals surface area (Å²) in [6, 6.07) is 4.82. The Bertz CT molecular complexity index is 720.